The van der Waals surface area contributed by atoms with E-state index in [0.717, 1.165) is 25.5 Å². The van der Waals surface area contributed by atoms with Gasteiger partial charge in [-0.2, -0.15) is 0 Å². The number of nitrogens with one attached hydrogen (secondary N) is 2. The van der Waals surface area contributed by atoms with Crippen LogP contribution >= 0.6 is 11.6 Å². The van der Waals surface area contributed by atoms with Gasteiger partial charge < -0.3 is 10.6 Å². The fourth-order valence-electron chi connectivity index (χ4n) is 1.94. The van der Waals surface area contributed by atoms with Crippen molar-refractivity contribution in [2.45, 2.75) is 19.8 Å². The lowest BCUT2D eigenvalue weighted by atomic mass is 9.81. The third-order valence-electron chi connectivity index (χ3n) is 3.11. The first-order valence-electron chi connectivity index (χ1n) is 5.60. The lowest BCUT2D eigenvalue weighted by molar-refractivity contribution is 0.247. The Bertz CT molecular complexity index is 350. The Balaban J connectivity index is 1.91. The number of nitrogens with zero attached hydrogens (tertiary/aromatic N) is 2. The van der Waals surface area contributed by atoms with Gasteiger partial charge in [-0.15, -0.1) is 0 Å². The maximum atomic E-state index is 5.78. The van der Waals surface area contributed by atoms with Crippen molar-refractivity contribution in [3.05, 3.63) is 17.5 Å². The molecule has 1 saturated heterocycles. The van der Waals surface area contributed by atoms with E-state index in [1.165, 1.54) is 12.8 Å². The Labute approximate surface area is 101 Å². The van der Waals surface area contributed by atoms with Gasteiger partial charge in [-0.05, 0) is 31.3 Å². The number of piperidine rings is 1. The highest BCUT2D eigenvalue weighted by Gasteiger charge is 2.26. The molecule has 5 heteroatoms. The van der Waals surface area contributed by atoms with Gasteiger partial charge in [0, 0.05) is 6.54 Å². The molecule has 1 aromatic rings. The van der Waals surface area contributed by atoms with Crippen LogP contribution < -0.4 is 10.6 Å². The van der Waals surface area contributed by atoms with Gasteiger partial charge in [0.2, 0.25) is 0 Å². The first-order valence-corrected chi connectivity index (χ1v) is 5.98. The van der Waals surface area contributed by atoms with Gasteiger partial charge in [0.05, 0.1) is 12.4 Å². The van der Waals surface area contributed by atoms with E-state index in [0.29, 0.717) is 10.6 Å². The van der Waals surface area contributed by atoms with Crippen LogP contribution in [0.2, 0.25) is 5.15 Å². The van der Waals surface area contributed by atoms with Crippen molar-refractivity contribution >= 4 is 17.4 Å². The van der Waals surface area contributed by atoms with Gasteiger partial charge in [-0.25, -0.2) is 4.98 Å². The number of hydrogen-bond donors (Lipinski definition) is 2. The van der Waals surface area contributed by atoms with Crippen LogP contribution in [-0.2, 0) is 0 Å². The smallest absolute Gasteiger partial charge is 0.149 e. The van der Waals surface area contributed by atoms with Gasteiger partial charge in [-0.1, -0.05) is 18.5 Å². The Morgan fingerprint density at radius 3 is 2.88 bits per heavy atom. The largest absolute Gasteiger partial charge is 0.368 e. The minimum atomic E-state index is 0.343. The summed E-state index contributed by atoms with van der Waals surface area (Å²) in [5, 5.41) is 7.11. The molecular formula is C11H17ClN4. The summed E-state index contributed by atoms with van der Waals surface area (Å²) in [6.07, 6.45) is 5.62. The lowest BCUT2D eigenvalue weighted by Gasteiger charge is -2.34. The monoisotopic (exact) mass is 240 g/mol. The second kappa shape index (κ2) is 4.97. The summed E-state index contributed by atoms with van der Waals surface area (Å²) in [5.41, 5.74) is 0.343. The van der Waals surface area contributed by atoms with E-state index in [-0.39, 0.29) is 0 Å². The molecule has 0 radical (unpaired) electrons. The highest BCUT2D eigenvalue weighted by atomic mass is 35.5. The average Bonchev–Trinajstić information content (AvgIpc) is 2.28. The molecule has 0 bridgehead atoms. The predicted octanol–water partition coefficient (Wildman–Crippen LogP) is 1.93. The van der Waals surface area contributed by atoms with E-state index in [1.54, 1.807) is 12.4 Å². The lowest BCUT2D eigenvalue weighted by Crippen LogP contribution is -2.39. The molecule has 0 aromatic carbocycles. The molecule has 1 aliphatic heterocycles. The van der Waals surface area contributed by atoms with Gasteiger partial charge in [0.15, 0.2) is 0 Å². The molecule has 0 aliphatic carbocycles. The van der Waals surface area contributed by atoms with Crippen LogP contribution in [0.25, 0.3) is 0 Å². The van der Waals surface area contributed by atoms with Gasteiger partial charge in [-0.3, -0.25) is 4.98 Å². The van der Waals surface area contributed by atoms with Crippen molar-refractivity contribution in [3.63, 3.8) is 0 Å². The fraction of sp³-hybridized carbons (Fsp3) is 0.636. The van der Waals surface area contributed by atoms with Crippen molar-refractivity contribution in [1.29, 1.82) is 0 Å². The average molecular weight is 241 g/mol. The van der Waals surface area contributed by atoms with Crippen LogP contribution in [0.1, 0.15) is 19.8 Å². The maximum Gasteiger partial charge on any atom is 0.149 e. The van der Waals surface area contributed by atoms with E-state index in [9.17, 15) is 0 Å². The number of halogens is 1. The molecule has 88 valence electrons. The third kappa shape index (κ3) is 3.06. The summed E-state index contributed by atoms with van der Waals surface area (Å²) in [5.74, 6) is 0.757. The van der Waals surface area contributed by atoms with E-state index in [1.807, 2.05) is 0 Å². The molecular weight excluding hydrogens is 224 g/mol. The SMILES string of the molecule is CC1(CNc2cncc(Cl)n2)CCNCC1. The number of anilines is 1. The third-order valence-corrected chi connectivity index (χ3v) is 3.29. The van der Waals surface area contributed by atoms with Crippen LogP contribution in [0.5, 0.6) is 0 Å². The second-order valence-corrected chi connectivity index (χ2v) is 5.03. The van der Waals surface area contributed by atoms with Crippen LogP contribution in [0.15, 0.2) is 12.4 Å². The molecule has 0 saturated carbocycles. The summed E-state index contributed by atoms with van der Waals surface area (Å²) in [4.78, 5) is 8.17. The minimum Gasteiger partial charge on any atom is -0.368 e. The van der Waals surface area contributed by atoms with Crippen molar-refractivity contribution in [2.24, 2.45) is 5.41 Å². The molecule has 2 N–H and O–H groups in total. The zero-order chi connectivity index (χ0) is 11.4. The molecule has 1 aliphatic rings. The maximum absolute atomic E-state index is 5.78. The van der Waals surface area contributed by atoms with E-state index < -0.39 is 0 Å². The number of aromatic nitrogens is 2. The normalized spacial score (nSPS) is 19.4. The second-order valence-electron chi connectivity index (χ2n) is 4.64. The highest BCUT2D eigenvalue weighted by molar-refractivity contribution is 6.29. The zero-order valence-electron chi connectivity index (χ0n) is 9.46. The summed E-state index contributed by atoms with van der Waals surface area (Å²) < 4.78 is 0. The minimum absolute atomic E-state index is 0.343. The van der Waals surface area contributed by atoms with Crippen LogP contribution in [0.3, 0.4) is 0 Å². The van der Waals surface area contributed by atoms with Crippen molar-refractivity contribution < 1.29 is 0 Å². The Morgan fingerprint density at radius 1 is 1.44 bits per heavy atom. The van der Waals surface area contributed by atoms with E-state index >= 15 is 0 Å². The Morgan fingerprint density at radius 2 is 2.19 bits per heavy atom. The van der Waals surface area contributed by atoms with E-state index in [4.69, 9.17) is 11.6 Å². The Kier molecular flexibility index (Phi) is 3.61. The fourth-order valence-corrected chi connectivity index (χ4v) is 2.09. The standard InChI is InChI=1S/C11H17ClN4/c1-11(2-4-13-5-3-11)8-15-10-7-14-6-9(12)16-10/h6-7,13H,2-5,8H2,1H3,(H,15,16). The molecule has 1 aromatic heterocycles. The molecule has 1 fully saturated rings. The molecule has 0 amide bonds. The molecule has 4 nitrogen and oxygen atoms in total. The van der Waals surface area contributed by atoms with Crippen molar-refractivity contribution in [1.82, 2.24) is 15.3 Å². The van der Waals surface area contributed by atoms with Crippen LogP contribution in [0.4, 0.5) is 5.82 Å². The number of hydrogen-bond acceptors (Lipinski definition) is 4. The zero-order valence-corrected chi connectivity index (χ0v) is 10.2. The summed E-state index contributed by atoms with van der Waals surface area (Å²) >= 11 is 5.78. The highest BCUT2D eigenvalue weighted by Crippen LogP contribution is 2.27. The summed E-state index contributed by atoms with van der Waals surface area (Å²) in [6.45, 7) is 5.42. The molecule has 2 rings (SSSR count). The van der Waals surface area contributed by atoms with Crippen LogP contribution in [-0.4, -0.2) is 29.6 Å². The first-order chi connectivity index (χ1) is 7.68. The van der Waals surface area contributed by atoms with Crippen molar-refractivity contribution in [2.75, 3.05) is 25.0 Å². The molecule has 0 unspecified atom stereocenters. The van der Waals surface area contributed by atoms with Crippen molar-refractivity contribution in [3.8, 4) is 0 Å². The number of rotatable bonds is 3. The summed E-state index contributed by atoms with van der Waals surface area (Å²) in [7, 11) is 0. The quantitative estimate of drug-likeness (QED) is 0.848. The van der Waals surface area contributed by atoms with Gasteiger partial charge >= 0.3 is 0 Å². The van der Waals surface area contributed by atoms with E-state index in [2.05, 4.69) is 27.5 Å². The van der Waals surface area contributed by atoms with Crippen LogP contribution in [0, 0.1) is 5.41 Å². The molecule has 0 atom stereocenters. The Hall–Kier alpha value is -0.870. The molecule has 16 heavy (non-hydrogen) atoms. The van der Waals surface area contributed by atoms with Gasteiger partial charge in [0.25, 0.3) is 0 Å². The summed E-state index contributed by atoms with van der Waals surface area (Å²) in [6, 6.07) is 0. The first kappa shape index (κ1) is 11.6. The molecule has 0 spiro atoms. The predicted molar refractivity (Wildman–Crippen MR) is 65.7 cm³/mol. The molecule has 2 heterocycles. The van der Waals surface area contributed by atoms with Gasteiger partial charge in [0.1, 0.15) is 11.0 Å². The topological polar surface area (TPSA) is 49.8 Å².